The van der Waals surface area contributed by atoms with Crippen LogP contribution in [0.3, 0.4) is 0 Å². The van der Waals surface area contributed by atoms with Crippen LogP contribution in [0.4, 0.5) is 0 Å². The lowest BCUT2D eigenvalue weighted by Crippen LogP contribution is -2.57. The molecule has 0 aromatic heterocycles. The Kier molecular flexibility index (Phi) is 6.01. The predicted octanol–water partition coefficient (Wildman–Crippen LogP) is 5.31. The number of Topliss-reactive ketones (excluding diaryl/α,β-unsaturated/α-hetero) is 1. The summed E-state index contributed by atoms with van der Waals surface area (Å²) in [6.45, 7) is 5.83. The van der Waals surface area contributed by atoms with Gasteiger partial charge in [-0.2, -0.15) is 0 Å². The van der Waals surface area contributed by atoms with Crippen molar-refractivity contribution in [3.05, 3.63) is 70.2 Å². The van der Waals surface area contributed by atoms with Crippen LogP contribution >= 0.6 is 11.6 Å². The molecule has 1 saturated heterocycles. The fraction of sp³-hybridized carbons (Fsp3) is 0.464. The van der Waals surface area contributed by atoms with Gasteiger partial charge >= 0.3 is 11.9 Å². The first-order valence-corrected chi connectivity index (χ1v) is 12.7. The first kappa shape index (κ1) is 24.0. The minimum absolute atomic E-state index is 0.00182. The van der Waals surface area contributed by atoms with E-state index in [2.05, 4.69) is 11.8 Å². The molecule has 4 atom stereocenters. The Morgan fingerprint density at radius 2 is 1.69 bits per heavy atom. The maximum atomic E-state index is 14.4. The minimum Gasteiger partial charge on any atom is -0.465 e. The van der Waals surface area contributed by atoms with Gasteiger partial charge in [0, 0.05) is 29.1 Å². The van der Waals surface area contributed by atoms with E-state index >= 15 is 0 Å². The molecule has 0 radical (unpaired) electrons. The number of nitrogens with zero attached hydrogens (tertiary/aromatic N) is 1. The molecule has 35 heavy (non-hydrogen) atoms. The molecule has 2 bridgehead atoms. The maximum absolute atomic E-state index is 14.4. The van der Waals surface area contributed by atoms with Gasteiger partial charge in [0.15, 0.2) is 11.2 Å². The van der Waals surface area contributed by atoms with Crippen molar-refractivity contribution in [3.8, 4) is 0 Å². The number of hydrogen-bond donors (Lipinski definition) is 0. The Hall–Kier alpha value is -2.70. The summed E-state index contributed by atoms with van der Waals surface area (Å²) in [6, 6.07) is 15.2. The third kappa shape index (κ3) is 3.37. The summed E-state index contributed by atoms with van der Waals surface area (Å²) in [5, 5.41) is 0.643. The molecule has 1 spiro atoms. The standard InChI is InChI=1S/C28H30ClNO5/c1-4-34-25(32)27(26(33)35-5-2)15-19-14-23-21-8-6-7-9-22(21)24(31)28(19,16-27)30(23)17(3)18-10-12-20(29)13-11-18/h6-13,17,19,23H,4-5,14-16H2,1-3H3/t17?,19-,23-,28+/m0/s1. The smallest absolute Gasteiger partial charge is 0.323 e. The van der Waals surface area contributed by atoms with Gasteiger partial charge in [-0.15, -0.1) is 0 Å². The summed E-state index contributed by atoms with van der Waals surface area (Å²) in [4.78, 5) is 43.3. The molecule has 2 aromatic rings. The van der Waals surface area contributed by atoms with Gasteiger partial charge < -0.3 is 9.47 Å². The molecule has 2 fully saturated rings. The van der Waals surface area contributed by atoms with Gasteiger partial charge in [-0.1, -0.05) is 48.0 Å². The van der Waals surface area contributed by atoms with Crippen LogP contribution in [-0.4, -0.2) is 41.4 Å². The monoisotopic (exact) mass is 495 g/mol. The number of hydrogen-bond acceptors (Lipinski definition) is 6. The largest absolute Gasteiger partial charge is 0.465 e. The van der Waals surface area contributed by atoms with Gasteiger partial charge in [0.05, 0.1) is 18.8 Å². The van der Waals surface area contributed by atoms with E-state index in [1.54, 1.807) is 13.8 Å². The minimum atomic E-state index is -1.50. The van der Waals surface area contributed by atoms with E-state index in [9.17, 15) is 14.4 Å². The van der Waals surface area contributed by atoms with Crippen molar-refractivity contribution in [2.75, 3.05) is 13.2 Å². The zero-order valence-electron chi connectivity index (χ0n) is 20.3. The van der Waals surface area contributed by atoms with Crippen molar-refractivity contribution in [3.63, 3.8) is 0 Å². The van der Waals surface area contributed by atoms with Crippen molar-refractivity contribution >= 4 is 29.3 Å². The highest BCUT2D eigenvalue weighted by atomic mass is 35.5. The lowest BCUT2D eigenvalue weighted by molar-refractivity contribution is -0.172. The van der Waals surface area contributed by atoms with Crippen molar-refractivity contribution in [2.45, 2.75) is 57.7 Å². The van der Waals surface area contributed by atoms with Gasteiger partial charge in [-0.25, -0.2) is 0 Å². The molecule has 2 heterocycles. The third-order valence-corrected chi connectivity index (χ3v) is 8.46. The van der Waals surface area contributed by atoms with Crippen molar-refractivity contribution in [1.29, 1.82) is 0 Å². The molecule has 5 rings (SSSR count). The molecule has 6 nitrogen and oxygen atoms in total. The highest BCUT2D eigenvalue weighted by molar-refractivity contribution is 6.30. The zero-order chi connectivity index (χ0) is 25.0. The second-order valence-corrected chi connectivity index (χ2v) is 10.3. The van der Waals surface area contributed by atoms with E-state index in [-0.39, 0.29) is 49.8 Å². The average Bonchev–Trinajstić information content (AvgIpc) is 3.32. The van der Waals surface area contributed by atoms with Gasteiger partial charge in [-0.3, -0.25) is 19.3 Å². The first-order valence-electron chi connectivity index (χ1n) is 12.3. The van der Waals surface area contributed by atoms with Gasteiger partial charge in [-0.05, 0) is 62.8 Å². The molecule has 184 valence electrons. The number of fused-ring (bicyclic) bond motifs is 3. The number of carbonyl (C=O) groups is 3. The normalized spacial score (nSPS) is 27.1. The second-order valence-electron chi connectivity index (χ2n) is 9.83. The molecule has 2 aromatic carbocycles. The second kappa shape index (κ2) is 8.75. The molecule has 7 heteroatoms. The lowest BCUT2D eigenvalue weighted by Gasteiger charge is -2.48. The zero-order valence-corrected chi connectivity index (χ0v) is 21.0. The van der Waals surface area contributed by atoms with Crippen LogP contribution in [0.1, 0.15) is 73.6 Å². The Labute approximate surface area is 210 Å². The summed E-state index contributed by atoms with van der Waals surface area (Å²) in [5.41, 5.74) is 0.217. The fourth-order valence-electron chi connectivity index (χ4n) is 6.85. The number of ketones is 1. The van der Waals surface area contributed by atoms with Crippen LogP contribution in [0.15, 0.2) is 48.5 Å². The summed E-state index contributed by atoms with van der Waals surface area (Å²) in [6.07, 6.45) is 0.982. The Morgan fingerprint density at radius 1 is 1.06 bits per heavy atom. The average molecular weight is 496 g/mol. The third-order valence-electron chi connectivity index (χ3n) is 8.21. The quantitative estimate of drug-likeness (QED) is 0.399. The summed E-state index contributed by atoms with van der Waals surface area (Å²) in [5.74, 6) is -1.40. The van der Waals surface area contributed by atoms with Gasteiger partial charge in [0.2, 0.25) is 0 Å². The first-order chi connectivity index (χ1) is 16.8. The van der Waals surface area contributed by atoms with Crippen molar-refractivity contribution in [1.82, 2.24) is 4.90 Å². The molecule has 0 amide bonds. The number of halogens is 1. The Bertz CT molecular complexity index is 1160. The Balaban J connectivity index is 1.67. The van der Waals surface area contributed by atoms with Crippen LogP contribution < -0.4 is 0 Å². The predicted molar refractivity (Wildman–Crippen MR) is 131 cm³/mol. The molecule has 2 aliphatic heterocycles. The topological polar surface area (TPSA) is 72.9 Å². The summed E-state index contributed by atoms with van der Waals surface area (Å²) < 4.78 is 10.8. The van der Waals surface area contributed by atoms with E-state index in [4.69, 9.17) is 21.1 Å². The van der Waals surface area contributed by atoms with E-state index in [1.807, 2.05) is 48.5 Å². The molecule has 1 unspecified atom stereocenters. The number of benzene rings is 2. The number of esters is 2. The van der Waals surface area contributed by atoms with E-state index in [1.165, 1.54) is 0 Å². The molecular weight excluding hydrogens is 466 g/mol. The van der Waals surface area contributed by atoms with Crippen LogP contribution in [0.5, 0.6) is 0 Å². The SMILES string of the molecule is CCOC(=O)C1(C(=O)OCC)C[C@@H]2C[C@H]3c4ccccc4C(=O)[C@]2(C1)N3C(C)c1ccc(Cl)cc1. The fourth-order valence-corrected chi connectivity index (χ4v) is 6.97. The molecule has 0 N–H and O–H groups in total. The van der Waals surface area contributed by atoms with Crippen LogP contribution in [-0.2, 0) is 19.1 Å². The van der Waals surface area contributed by atoms with Crippen molar-refractivity contribution < 1.29 is 23.9 Å². The van der Waals surface area contributed by atoms with Crippen molar-refractivity contribution in [2.24, 2.45) is 11.3 Å². The molecule has 3 aliphatic rings. The highest BCUT2D eigenvalue weighted by Gasteiger charge is 2.73. The summed E-state index contributed by atoms with van der Waals surface area (Å²) in [7, 11) is 0. The van der Waals surface area contributed by atoms with E-state index in [0.717, 1.165) is 11.1 Å². The van der Waals surface area contributed by atoms with E-state index in [0.29, 0.717) is 17.0 Å². The number of ether oxygens (including phenoxy) is 2. The number of carbonyl (C=O) groups excluding carboxylic acids is 3. The highest BCUT2D eigenvalue weighted by Crippen LogP contribution is 2.66. The van der Waals surface area contributed by atoms with Crippen LogP contribution in [0, 0.1) is 11.3 Å². The van der Waals surface area contributed by atoms with Gasteiger partial charge in [0.1, 0.15) is 0 Å². The van der Waals surface area contributed by atoms with Crippen LogP contribution in [0.25, 0.3) is 0 Å². The maximum Gasteiger partial charge on any atom is 0.323 e. The molecule has 1 aliphatic carbocycles. The lowest BCUT2D eigenvalue weighted by atomic mass is 9.75. The van der Waals surface area contributed by atoms with E-state index < -0.39 is 22.9 Å². The molecular formula is C28H30ClNO5. The molecule has 1 saturated carbocycles. The summed E-state index contributed by atoms with van der Waals surface area (Å²) >= 11 is 6.15. The van der Waals surface area contributed by atoms with Crippen LogP contribution in [0.2, 0.25) is 5.02 Å². The Morgan fingerprint density at radius 3 is 2.31 bits per heavy atom. The van der Waals surface area contributed by atoms with Gasteiger partial charge in [0.25, 0.3) is 0 Å². The number of rotatable bonds is 6.